The summed E-state index contributed by atoms with van der Waals surface area (Å²) in [6, 6.07) is 13.2. The maximum Gasteiger partial charge on any atom is 0.265 e. The number of rotatable bonds is 5. The number of hydrogen-bond donors (Lipinski definition) is 1. The van der Waals surface area contributed by atoms with E-state index in [1.807, 2.05) is 41.3 Å². The first-order chi connectivity index (χ1) is 12.6. The summed E-state index contributed by atoms with van der Waals surface area (Å²) in [4.78, 5) is 27.8. The van der Waals surface area contributed by atoms with E-state index >= 15 is 0 Å². The number of benzene rings is 2. The molecule has 1 N–H and O–H groups in total. The average molecular weight is 429 g/mol. The van der Waals surface area contributed by atoms with Crippen LogP contribution in [0.3, 0.4) is 0 Å². The van der Waals surface area contributed by atoms with Gasteiger partial charge in [0, 0.05) is 28.6 Å². The molecule has 0 atom stereocenters. The van der Waals surface area contributed by atoms with Crippen LogP contribution >= 0.6 is 27.3 Å². The molecule has 132 valence electrons. The highest BCUT2D eigenvalue weighted by Crippen LogP contribution is 2.40. The van der Waals surface area contributed by atoms with Crippen LogP contribution in [0.15, 0.2) is 46.3 Å². The fraction of sp³-hybridized carbons (Fsp3) is 0.200. The highest BCUT2D eigenvalue weighted by atomic mass is 79.9. The Morgan fingerprint density at radius 2 is 2.04 bits per heavy atom. The van der Waals surface area contributed by atoms with Crippen LogP contribution < -0.4 is 10.2 Å². The van der Waals surface area contributed by atoms with E-state index in [-0.39, 0.29) is 11.8 Å². The summed E-state index contributed by atoms with van der Waals surface area (Å²) in [5.74, 6) is -0.0988. The molecule has 0 spiro atoms. The van der Waals surface area contributed by atoms with Crippen molar-refractivity contribution in [2.24, 2.45) is 0 Å². The van der Waals surface area contributed by atoms with Crippen LogP contribution in [-0.2, 0) is 0 Å². The molecule has 0 saturated heterocycles. The zero-order chi connectivity index (χ0) is 18.3. The topological polar surface area (TPSA) is 49.4 Å². The molecular formula is C20H17BrN2O2S. The third-order valence-electron chi connectivity index (χ3n) is 4.57. The van der Waals surface area contributed by atoms with Gasteiger partial charge in [-0.15, -0.1) is 11.3 Å². The number of carbonyl (C=O) groups excluding carboxylic acids is 2. The molecule has 1 aliphatic heterocycles. The van der Waals surface area contributed by atoms with Gasteiger partial charge in [0.25, 0.3) is 11.8 Å². The lowest BCUT2D eigenvalue weighted by molar-refractivity contribution is 0.0991. The van der Waals surface area contributed by atoms with E-state index in [4.69, 9.17) is 0 Å². The Bertz CT molecular complexity index is 1030. The van der Waals surface area contributed by atoms with Crippen molar-refractivity contribution in [2.75, 3.05) is 16.8 Å². The van der Waals surface area contributed by atoms with Crippen molar-refractivity contribution in [3.8, 4) is 0 Å². The predicted octanol–water partition coefficient (Wildman–Crippen LogP) is 5.68. The van der Waals surface area contributed by atoms with E-state index < -0.39 is 0 Å². The van der Waals surface area contributed by atoms with Gasteiger partial charge in [-0.2, -0.15) is 0 Å². The standard InChI is InChI=1S/C20H17BrN2O2S/c1-2-3-11-23-15-8-7-14(22-19(24)16-9-10-17(21)26-16)12-5-4-6-13(18(12)15)20(23)25/h4-10H,2-3,11H2,1H3,(H,22,24). The van der Waals surface area contributed by atoms with Gasteiger partial charge in [0.05, 0.1) is 14.4 Å². The van der Waals surface area contributed by atoms with Crippen molar-refractivity contribution in [2.45, 2.75) is 19.8 Å². The number of carbonyl (C=O) groups is 2. The summed E-state index contributed by atoms with van der Waals surface area (Å²) in [6.07, 6.45) is 2.00. The molecule has 0 saturated carbocycles. The Morgan fingerprint density at radius 3 is 2.77 bits per heavy atom. The van der Waals surface area contributed by atoms with Gasteiger partial charge >= 0.3 is 0 Å². The zero-order valence-corrected chi connectivity index (χ0v) is 16.6. The molecule has 2 heterocycles. The number of amides is 2. The van der Waals surface area contributed by atoms with Crippen molar-refractivity contribution < 1.29 is 9.59 Å². The van der Waals surface area contributed by atoms with Crippen LogP contribution in [0.4, 0.5) is 11.4 Å². The van der Waals surface area contributed by atoms with Gasteiger partial charge in [0.2, 0.25) is 0 Å². The third kappa shape index (κ3) is 2.83. The lowest BCUT2D eigenvalue weighted by Crippen LogP contribution is -2.27. The third-order valence-corrected chi connectivity index (χ3v) is 6.19. The molecule has 2 aromatic carbocycles. The molecule has 1 aromatic heterocycles. The van der Waals surface area contributed by atoms with Crippen LogP contribution in [-0.4, -0.2) is 18.4 Å². The van der Waals surface area contributed by atoms with E-state index in [2.05, 4.69) is 28.2 Å². The number of thiophene rings is 1. The predicted molar refractivity (Wildman–Crippen MR) is 111 cm³/mol. The molecule has 0 fully saturated rings. The number of anilines is 2. The van der Waals surface area contributed by atoms with E-state index in [1.54, 1.807) is 6.07 Å². The second-order valence-corrected chi connectivity index (χ2v) is 8.69. The quantitative estimate of drug-likeness (QED) is 0.568. The normalized spacial score (nSPS) is 12.8. The monoisotopic (exact) mass is 428 g/mol. The highest BCUT2D eigenvalue weighted by Gasteiger charge is 2.30. The summed E-state index contributed by atoms with van der Waals surface area (Å²) in [5.41, 5.74) is 2.37. The SMILES string of the molecule is CCCCN1C(=O)c2cccc3c(NC(=O)c4ccc(Br)s4)ccc1c23. The second-order valence-electron chi connectivity index (χ2n) is 6.23. The summed E-state index contributed by atoms with van der Waals surface area (Å²) in [5, 5.41) is 4.82. The average Bonchev–Trinajstić information content (AvgIpc) is 3.19. The van der Waals surface area contributed by atoms with Crippen molar-refractivity contribution in [1.82, 2.24) is 0 Å². The second kappa shape index (κ2) is 6.85. The molecule has 4 nitrogen and oxygen atoms in total. The van der Waals surface area contributed by atoms with Gasteiger partial charge < -0.3 is 10.2 Å². The van der Waals surface area contributed by atoms with Crippen molar-refractivity contribution in [1.29, 1.82) is 0 Å². The minimum Gasteiger partial charge on any atom is -0.321 e. The number of halogens is 1. The van der Waals surface area contributed by atoms with Gasteiger partial charge in [-0.3, -0.25) is 9.59 Å². The first kappa shape index (κ1) is 17.2. The van der Waals surface area contributed by atoms with E-state index in [0.29, 0.717) is 17.0 Å². The summed E-state index contributed by atoms with van der Waals surface area (Å²) in [6.45, 7) is 2.83. The summed E-state index contributed by atoms with van der Waals surface area (Å²) < 4.78 is 0.917. The summed E-state index contributed by atoms with van der Waals surface area (Å²) >= 11 is 4.77. The molecule has 0 unspecified atom stereocenters. The van der Waals surface area contributed by atoms with E-state index in [0.717, 1.165) is 38.8 Å². The Morgan fingerprint density at radius 1 is 1.19 bits per heavy atom. The molecule has 0 radical (unpaired) electrons. The Balaban J connectivity index is 1.74. The van der Waals surface area contributed by atoms with Crippen LogP contribution in [0.25, 0.3) is 10.8 Å². The molecule has 0 aliphatic carbocycles. The number of unbranched alkanes of at least 4 members (excludes halogenated alkanes) is 1. The molecule has 3 aromatic rings. The smallest absolute Gasteiger partial charge is 0.265 e. The number of hydrogen-bond acceptors (Lipinski definition) is 3. The van der Waals surface area contributed by atoms with Gasteiger partial charge in [0.1, 0.15) is 0 Å². The fourth-order valence-electron chi connectivity index (χ4n) is 3.31. The molecular weight excluding hydrogens is 412 g/mol. The largest absolute Gasteiger partial charge is 0.321 e. The zero-order valence-electron chi connectivity index (χ0n) is 14.2. The van der Waals surface area contributed by atoms with Crippen LogP contribution in [0, 0.1) is 0 Å². The number of nitrogens with one attached hydrogen (secondary N) is 1. The number of nitrogens with zero attached hydrogens (tertiary/aromatic N) is 1. The lowest BCUT2D eigenvalue weighted by atomic mass is 10.0. The Hall–Kier alpha value is -2.18. The minimum atomic E-state index is -0.145. The first-order valence-corrected chi connectivity index (χ1v) is 10.2. The molecule has 4 rings (SSSR count). The molecule has 0 bridgehead atoms. The van der Waals surface area contributed by atoms with Crippen LogP contribution in [0.2, 0.25) is 0 Å². The maximum atomic E-state index is 12.8. The van der Waals surface area contributed by atoms with E-state index in [9.17, 15) is 9.59 Å². The summed E-state index contributed by atoms with van der Waals surface area (Å²) in [7, 11) is 0. The van der Waals surface area contributed by atoms with Crippen LogP contribution in [0.1, 0.15) is 39.8 Å². The van der Waals surface area contributed by atoms with Crippen molar-refractivity contribution >= 4 is 61.2 Å². The van der Waals surface area contributed by atoms with Crippen molar-refractivity contribution in [3.63, 3.8) is 0 Å². The Labute approximate surface area is 163 Å². The van der Waals surface area contributed by atoms with Crippen molar-refractivity contribution in [3.05, 3.63) is 56.7 Å². The van der Waals surface area contributed by atoms with Gasteiger partial charge in [-0.25, -0.2) is 0 Å². The van der Waals surface area contributed by atoms with Gasteiger partial charge in [-0.1, -0.05) is 25.5 Å². The molecule has 6 heteroatoms. The molecule has 26 heavy (non-hydrogen) atoms. The fourth-order valence-corrected chi connectivity index (χ4v) is 4.59. The first-order valence-electron chi connectivity index (χ1n) is 8.54. The molecule has 2 amide bonds. The van der Waals surface area contributed by atoms with E-state index in [1.165, 1.54) is 11.3 Å². The van der Waals surface area contributed by atoms with Gasteiger partial charge in [-0.05, 0) is 52.7 Å². The maximum absolute atomic E-state index is 12.8. The molecule has 1 aliphatic rings. The van der Waals surface area contributed by atoms with Gasteiger partial charge in [0.15, 0.2) is 0 Å². The minimum absolute atomic E-state index is 0.0460. The van der Waals surface area contributed by atoms with Crippen LogP contribution in [0.5, 0.6) is 0 Å². The Kier molecular flexibility index (Phi) is 4.54. The highest BCUT2D eigenvalue weighted by molar-refractivity contribution is 9.11. The lowest BCUT2D eigenvalue weighted by Gasteiger charge is -2.17.